The third-order valence-corrected chi connectivity index (χ3v) is 4.97. The summed E-state index contributed by atoms with van der Waals surface area (Å²) in [6.45, 7) is 3.33. The number of carboxylic acid groups (broad SMARTS) is 1. The summed E-state index contributed by atoms with van der Waals surface area (Å²) in [5.41, 5.74) is -0.250. The Kier molecular flexibility index (Phi) is 5.62. The zero-order valence-electron chi connectivity index (χ0n) is 13.1. The van der Waals surface area contributed by atoms with Crippen LogP contribution in [-0.4, -0.2) is 47.1 Å². The molecule has 0 spiro atoms. The van der Waals surface area contributed by atoms with Crippen LogP contribution < -0.4 is 5.32 Å². The van der Waals surface area contributed by atoms with E-state index in [4.69, 9.17) is 5.11 Å². The molecule has 5 heteroatoms. The minimum Gasteiger partial charge on any atom is -0.480 e. The van der Waals surface area contributed by atoms with E-state index in [1.54, 1.807) is 0 Å². The van der Waals surface area contributed by atoms with Crippen molar-refractivity contribution in [2.75, 3.05) is 19.6 Å². The molecule has 1 atom stereocenters. The van der Waals surface area contributed by atoms with E-state index in [2.05, 4.69) is 5.32 Å². The smallest absolute Gasteiger partial charge is 0.317 e. The van der Waals surface area contributed by atoms with Crippen molar-refractivity contribution in [1.82, 2.24) is 10.2 Å². The topological polar surface area (TPSA) is 69.6 Å². The number of nitrogens with zero attached hydrogens (tertiary/aromatic N) is 1. The predicted octanol–water partition coefficient (Wildman–Crippen LogP) is 2.01. The molecular weight excluding hydrogens is 268 g/mol. The largest absolute Gasteiger partial charge is 0.480 e. The number of likely N-dealkylation sites (tertiary alicyclic amines) is 1. The average molecular weight is 296 g/mol. The molecule has 0 bridgehead atoms. The lowest BCUT2D eigenvalue weighted by Crippen LogP contribution is -2.47. The Balaban J connectivity index is 1.67. The summed E-state index contributed by atoms with van der Waals surface area (Å²) in [5.74, 6) is 0.227. The minimum atomic E-state index is -0.849. The van der Waals surface area contributed by atoms with Gasteiger partial charge in [0.1, 0.15) is 0 Å². The van der Waals surface area contributed by atoms with Gasteiger partial charge in [-0.2, -0.15) is 0 Å². The fraction of sp³-hybridized carbons (Fsp3) is 0.875. The molecule has 0 radical (unpaired) electrons. The van der Waals surface area contributed by atoms with Crippen molar-refractivity contribution < 1.29 is 14.7 Å². The highest BCUT2D eigenvalue weighted by molar-refractivity contribution is 5.76. The van der Waals surface area contributed by atoms with Crippen LogP contribution in [0.1, 0.15) is 58.3 Å². The van der Waals surface area contributed by atoms with Crippen LogP contribution in [0.3, 0.4) is 0 Å². The van der Waals surface area contributed by atoms with Crippen molar-refractivity contribution in [3.8, 4) is 0 Å². The second-order valence-electron chi connectivity index (χ2n) is 6.92. The maximum Gasteiger partial charge on any atom is 0.317 e. The SMILES string of the molecule is CC1(NCC(=O)O)CCN(C(=O)CCCC2CCCC2)C1. The molecule has 1 aliphatic carbocycles. The van der Waals surface area contributed by atoms with E-state index in [1.807, 2.05) is 11.8 Å². The van der Waals surface area contributed by atoms with Crippen molar-refractivity contribution in [3.63, 3.8) is 0 Å². The Hall–Kier alpha value is -1.10. The standard InChI is InChI=1S/C16H28N2O3/c1-16(17-11-15(20)21)9-10-18(12-16)14(19)8-4-7-13-5-2-3-6-13/h13,17H,2-12H2,1H3,(H,20,21). The van der Waals surface area contributed by atoms with Crippen LogP contribution in [0.15, 0.2) is 0 Å². The van der Waals surface area contributed by atoms with Gasteiger partial charge in [-0.15, -0.1) is 0 Å². The quantitative estimate of drug-likeness (QED) is 0.754. The molecule has 1 saturated heterocycles. The van der Waals surface area contributed by atoms with E-state index in [-0.39, 0.29) is 18.0 Å². The molecule has 1 unspecified atom stereocenters. The average Bonchev–Trinajstić information content (AvgIpc) is 3.07. The second kappa shape index (κ2) is 7.25. The van der Waals surface area contributed by atoms with Gasteiger partial charge in [0.05, 0.1) is 6.54 Å². The van der Waals surface area contributed by atoms with Gasteiger partial charge in [0.25, 0.3) is 0 Å². The molecule has 1 amide bonds. The molecule has 2 N–H and O–H groups in total. The monoisotopic (exact) mass is 296 g/mol. The molecule has 2 rings (SSSR count). The first-order valence-corrected chi connectivity index (χ1v) is 8.23. The molecule has 2 fully saturated rings. The number of carboxylic acids is 1. The molecule has 1 heterocycles. The fourth-order valence-corrected chi connectivity index (χ4v) is 3.61. The Morgan fingerprint density at radius 1 is 1.33 bits per heavy atom. The fourth-order valence-electron chi connectivity index (χ4n) is 3.61. The highest BCUT2D eigenvalue weighted by Gasteiger charge is 2.35. The Bertz CT molecular complexity index is 380. The zero-order chi connectivity index (χ0) is 15.3. The molecular formula is C16H28N2O3. The first-order valence-electron chi connectivity index (χ1n) is 8.23. The zero-order valence-corrected chi connectivity index (χ0v) is 13.1. The Morgan fingerprint density at radius 2 is 2.05 bits per heavy atom. The number of hydrogen-bond acceptors (Lipinski definition) is 3. The molecule has 0 aromatic heterocycles. The molecule has 0 aromatic rings. The van der Waals surface area contributed by atoms with Crippen LogP contribution in [-0.2, 0) is 9.59 Å². The molecule has 120 valence electrons. The summed E-state index contributed by atoms with van der Waals surface area (Å²) in [5, 5.41) is 11.8. The van der Waals surface area contributed by atoms with Crippen LogP contribution >= 0.6 is 0 Å². The summed E-state index contributed by atoms with van der Waals surface area (Å²) in [7, 11) is 0. The maximum atomic E-state index is 12.2. The maximum absolute atomic E-state index is 12.2. The number of rotatable bonds is 7. The molecule has 21 heavy (non-hydrogen) atoms. The van der Waals surface area contributed by atoms with Crippen LogP contribution in [0.25, 0.3) is 0 Å². The summed E-state index contributed by atoms with van der Waals surface area (Å²) in [6, 6.07) is 0. The second-order valence-corrected chi connectivity index (χ2v) is 6.92. The number of carbonyl (C=O) groups excluding carboxylic acids is 1. The lowest BCUT2D eigenvalue weighted by molar-refractivity contribution is -0.136. The van der Waals surface area contributed by atoms with Crippen molar-refractivity contribution >= 4 is 11.9 Å². The van der Waals surface area contributed by atoms with Crippen LogP contribution in [0.4, 0.5) is 0 Å². The molecule has 1 saturated carbocycles. The van der Waals surface area contributed by atoms with Gasteiger partial charge < -0.3 is 10.0 Å². The van der Waals surface area contributed by atoms with Crippen molar-refractivity contribution in [3.05, 3.63) is 0 Å². The van der Waals surface area contributed by atoms with E-state index < -0.39 is 5.97 Å². The van der Waals surface area contributed by atoms with Gasteiger partial charge in [0, 0.05) is 25.0 Å². The van der Waals surface area contributed by atoms with Crippen molar-refractivity contribution in [2.45, 2.75) is 63.8 Å². The highest BCUT2D eigenvalue weighted by Crippen LogP contribution is 2.29. The lowest BCUT2D eigenvalue weighted by atomic mass is 10.0. The van der Waals surface area contributed by atoms with Gasteiger partial charge in [-0.25, -0.2) is 0 Å². The number of amides is 1. The van der Waals surface area contributed by atoms with Gasteiger partial charge in [0.2, 0.25) is 5.91 Å². The molecule has 0 aromatic carbocycles. The molecule has 2 aliphatic rings. The van der Waals surface area contributed by atoms with E-state index in [9.17, 15) is 9.59 Å². The Labute approximate surface area is 127 Å². The number of carbonyl (C=O) groups is 2. The van der Waals surface area contributed by atoms with Gasteiger partial charge in [0.15, 0.2) is 0 Å². The first kappa shape index (κ1) is 16.3. The van der Waals surface area contributed by atoms with Crippen molar-refractivity contribution in [2.24, 2.45) is 5.92 Å². The van der Waals surface area contributed by atoms with Gasteiger partial charge >= 0.3 is 5.97 Å². The molecule has 5 nitrogen and oxygen atoms in total. The minimum absolute atomic E-state index is 0.0415. The summed E-state index contributed by atoms with van der Waals surface area (Å²) < 4.78 is 0. The third-order valence-electron chi connectivity index (χ3n) is 4.97. The summed E-state index contributed by atoms with van der Waals surface area (Å²) in [4.78, 5) is 24.8. The third kappa shape index (κ3) is 4.99. The van der Waals surface area contributed by atoms with E-state index in [0.29, 0.717) is 13.0 Å². The van der Waals surface area contributed by atoms with Gasteiger partial charge in [-0.05, 0) is 32.1 Å². The van der Waals surface area contributed by atoms with Crippen LogP contribution in [0.5, 0.6) is 0 Å². The normalized spacial score (nSPS) is 26.4. The van der Waals surface area contributed by atoms with E-state index in [1.165, 1.54) is 32.1 Å². The Morgan fingerprint density at radius 3 is 2.71 bits per heavy atom. The van der Waals surface area contributed by atoms with Gasteiger partial charge in [-0.1, -0.05) is 25.7 Å². The van der Waals surface area contributed by atoms with E-state index in [0.717, 1.165) is 25.3 Å². The molecule has 1 aliphatic heterocycles. The summed E-state index contributed by atoms with van der Waals surface area (Å²) >= 11 is 0. The number of aliphatic carboxylic acids is 1. The van der Waals surface area contributed by atoms with Gasteiger partial charge in [-0.3, -0.25) is 14.9 Å². The van der Waals surface area contributed by atoms with Crippen LogP contribution in [0, 0.1) is 5.92 Å². The first-order chi connectivity index (χ1) is 9.98. The lowest BCUT2D eigenvalue weighted by Gasteiger charge is -2.25. The number of nitrogens with one attached hydrogen (secondary N) is 1. The van der Waals surface area contributed by atoms with Crippen LogP contribution in [0.2, 0.25) is 0 Å². The highest BCUT2D eigenvalue weighted by atomic mass is 16.4. The summed E-state index contributed by atoms with van der Waals surface area (Å²) in [6.07, 6.45) is 9.06. The van der Waals surface area contributed by atoms with E-state index >= 15 is 0 Å². The predicted molar refractivity (Wildman–Crippen MR) is 81.0 cm³/mol. The number of hydrogen-bond donors (Lipinski definition) is 2. The van der Waals surface area contributed by atoms with Crippen molar-refractivity contribution in [1.29, 1.82) is 0 Å².